The molecule has 0 unspecified atom stereocenters. The van der Waals surface area contributed by atoms with E-state index in [4.69, 9.17) is 5.73 Å². The molecule has 0 atom stereocenters. The minimum Gasteiger partial charge on any atom is -0.393 e. The molecular formula is C14H18N4O2S2. The highest BCUT2D eigenvalue weighted by Gasteiger charge is 2.32. The lowest BCUT2D eigenvalue weighted by atomic mass is 9.92. The van der Waals surface area contributed by atoms with E-state index in [2.05, 4.69) is 14.9 Å². The van der Waals surface area contributed by atoms with Crippen molar-refractivity contribution in [3.8, 4) is 0 Å². The van der Waals surface area contributed by atoms with Crippen molar-refractivity contribution in [2.24, 2.45) is 0 Å². The molecule has 22 heavy (non-hydrogen) atoms. The Balaban J connectivity index is 1.75. The van der Waals surface area contributed by atoms with E-state index in [-0.39, 0.29) is 12.6 Å². The lowest BCUT2D eigenvalue weighted by Gasteiger charge is -2.37. The average Bonchev–Trinajstić information content (AvgIpc) is 3.00. The Morgan fingerprint density at radius 2 is 2.14 bits per heavy atom. The molecule has 3 rings (SSSR count). The standard InChI is InChI=1S/C14H18N4O2S2/c15-13-16-10(18-5-3-14(20,9-19)4-6-18)8-11(17-13)22-12-2-1-7-21-12/h1-2,7-8,19-20H,3-6,9H2,(H2,15,16,17). The Morgan fingerprint density at radius 3 is 2.77 bits per heavy atom. The zero-order valence-electron chi connectivity index (χ0n) is 12.0. The summed E-state index contributed by atoms with van der Waals surface area (Å²) < 4.78 is 1.15. The van der Waals surface area contributed by atoms with Crippen molar-refractivity contribution in [2.45, 2.75) is 27.7 Å². The van der Waals surface area contributed by atoms with Gasteiger partial charge in [-0.15, -0.1) is 11.3 Å². The predicted octanol–water partition coefficient (Wildman–Crippen LogP) is 1.60. The summed E-state index contributed by atoms with van der Waals surface area (Å²) in [6, 6.07) is 5.96. The second-order valence-corrected chi connectivity index (χ2v) is 7.59. The van der Waals surface area contributed by atoms with E-state index in [1.165, 1.54) is 0 Å². The fourth-order valence-corrected chi connectivity index (χ4v) is 4.10. The maximum Gasteiger partial charge on any atom is 0.223 e. The molecule has 1 saturated heterocycles. The highest BCUT2D eigenvalue weighted by atomic mass is 32.2. The first kappa shape index (κ1) is 15.5. The first-order valence-corrected chi connectivity index (χ1v) is 8.72. The molecule has 0 spiro atoms. The molecule has 118 valence electrons. The molecule has 0 amide bonds. The number of thiophene rings is 1. The molecule has 1 aliphatic heterocycles. The van der Waals surface area contributed by atoms with Gasteiger partial charge in [-0.1, -0.05) is 17.8 Å². The number of hydrogen-bond donors (Lipinski definition) is 3. The summed E-state index contributed by atoms with van der Waals surface area (Å²) in [6.07, 6.45) is 1.03. The molecule has 0 saturated carbocycles. The predicted molar refractivity (Wildman–Crippen MR) is 88.4 cm³/mol. The maximum absolute atomic E-state index is 10.1. The lowest BCUT2D eigenvalue weighted by molar-refractivity contribution is -0.0326. The van der Waals surface area contributed by atoms with Crippen molar-refractivity contribution < 1.29 is 10.2 Å². The van der Waals surface area contributed by atoms with Gasteiger partial charge in [0, 0.05) is 19.2 Å². The maximum atomic E-state index is 10.1. The van der Waals surface area contributed by atoms with Crippen molar-refractivity contribution in [1.82, 2.24) is 9.97 Å². The number of anilines is 2. The van der Waals surface area contributed by atoms with Crippen LogP contribution in [0.1, 0.15) is 12.8 Å². The van der Waals surface area contributed by atoms with Crippen LogP contribution in [0.5, 0.6) is 0 Å². The van der Waals surface area contributed by atoms with Crippen LogP contribution in [0, 0.1) is 0 Å². The van der Waals surface area contributed by atoms with E-state index in [0.29, 0.717) is 25.9 Å². The summed E-state index contributed by atoms with van der Waals surface area (Å²) in [5.74, 6) is 1.02. The number of aromatic nitrogens is 2. The highest BCUT2D eigenvalue weighted by molar-refractivity contribution is 8.01. The molecular weight excluding hydrogens is 320 g/mol. The Labute approximate surface area is 137 Å². The van der Waals surface area contributed by atoms with Gasteiger partial charge in [0.15, 0.2) is 0 Å². The van der Waals surface area contributed by atoms with Crippen LogP contribution in [0.2, 0.25) is 0 Å². The van der Waals surface area contributed by atoms with Crippen LogP contribution in [-0.4, -0.2) is 45.5 Å². The topological polar surface area (TPSA) is 95.5 Å². The second kappa shape index (κ2) is 6.41. The Bertz CT molecular complexity index is 628. The number of rotatable bonds is 4. The summed E-state index contributed by atoms with van der Waals surface area (Å²) >= 11 is 3.22. The van der Waals surface area contributed by atoms with Crippen molar-refractivity contribution >= 4 is 34.9 Å². The molecule has 0 aliphatic carbocycles. The molecule has 4 N–H and O–H groups in total. The minimum atomic E-state index is -0.969. The van der Waals surface area contributed by atoms with Crippen molar-refractivity contribution in [2.75, 3.05) is 30.3 Å². The third kappa shape index (κ3) is 3.52. The Hall–Kier alpha value is -1.35. The van der Waals surface area contributed by atoms with E-state index in [0.717, 1.165) is 15.1 Å². The number of nitrogens with two attached hydrogens (primary N) is 1. The van der Waals surface area contributed by atoms with E-state index in [9.17, 15) is 10.2 Å². The van der Waals surface area contributed by atoms with Gasteiger partial charge in [0.05, 0.1) is 16.4 Å². The largest absolute Gasteiger partial charge is 0.393 e. The summed E-state index contributed by atoms with van der Waals surface area (Å²) in [5, 5.41) is 22.1. The fourth-order valence-electron chi connectivity index (χ4n) is 2.38. The third-order valence-electron chi connectivity index (χ3n) is 3.72. The highest BCUT2D eigenvalue weighted by Crippen LogP contribution is 2.33. The molecule has 1 fully saturated rings. The van der Waals surface area contributed by atoms with E-state index in [1.54, 1.807) is 23.1 Å². The van der Waals surface area contributed by atoms with Crippen molar-refractivity contribution in [1.29, 1.82) is 0 Å². The number of nitrogens with zero attached hydrogens (tertiary/aromatic N) is 3. The van der Waals surface area contributed by atoms with Crippen LogP contribution in [0.4, 0.5) is 11.8 Å². The number of aliphatic hydroxyl groups excluding tert-OH is 1. The number of hydrogen-bond acceptors (Lipinski definition) is 8. The molecule has 1 aliphatic rings. The lowest BCUT2D eigenvalue weighted by Crippen LogP contribution is -2.46. The van der Waals surface area contributed by atoms with Crippen LogP contribution in [-0.2, 0) is 0 Å². The number of nitrogen functional groups attached to an aromatic ring is 1. The quantitative estimate of drug-likeness (QED) is 0.729. The van der Waals surface area contributed by atoms with Gasteiger partial charge in [-0.05, 0) is 24.3 Å². The smallest absolute Gasteiger partial charge is 0.223 e. The molecule has 0 radical (unpaired) electrons. The third-order valence-corrected chi connectivity index (χ3v) is 5.67. The van der Waals surface area contributed by atoms with Gasteiger partial charge in [0.25, 0.3) is 0 Å². The van der Waals surface area contributed by atoms with Gasteiger partial charge in [-0.3, -0.25) is 0 Å². The second-order valence-electron chi connectivity index (χ2n) is 5.33. The SMILES string of the molecule is Nc1nc(Sc2cccs2)cc(N2CCC(O)(CO)CC2)n1. The van der Waals surface area contributed by atoms with Crippen molar-refractivity contribution in [3.63, 3.8) is 0 Å². The molecule has 2 aromatic rings. The van der Waals surface area contributed by atoms with Gasteiger partial charge in [-0.25, -0.2) is 4.98 Å². The average molecular weight is 338 g/mol. The monoisotopic (exact) mass is 338 g/mol. The minimum absolute atomic E-state index is 0.202. The first-order chi connectivity index (χ1) is 10.6. The van der Waals surface area contributed by atoms with Gasteiger partial charge in [0.1, 0.15) is 10.8 Å². The molecule has 8 heteroatoms. The van der Waals surface area contributed by atoms with Gasteiger partial charge < -0.3 is 20.8 Å². The van der Waals surface area contributed by atoms with Crippen LogP contribution in [0.3, 0.4) is 0 Å². The molecule has 0 aromatic carbocycles. The zero-order chi connectivity index (χ0) is 15.6. The Kier molecular flexibility index (Phi) is 4.53. The summed E-state index contributed by atoms with van der Waals surface area (Å²) in [5.41, 5.74) is 4.86. The molecule has 2 aromatic heterocycles. The number of aliphatic hydroxyl groups is 2. The normalized spacial score (nSPS) is 17.6. The van der Waals surface area contributed by atoms with Crippen LogP contribution < -0.4 is 10.6 Å². The van der Waals surface area contributed by atoms with Gasteiger partial charge >= 0.3 is 0 Å². The zero-order valence-corrected chi connectivity index (χ0v) is 13.6. The number of piperidine rings is 1. The summed E-state index contributed by atoms with van der Waals surface area (Å²) in [7, 11) is 0. The van der Waals surface area contributed by atoms with E-state index < -0.39 is 5.60 Å². The van der Waals surface area contributed by atoms with Crippen molar-refractivity contribution in [3.05, 3.63) is 23.6 Å². The molecule has 6 nitrogen and oxygen atoms in total. The van der Waals surface area contributed by atoms with Crippen LogP contribution in [0.15, 0.2) is 32.8 Å². The van der Waals surface area contributed by atoms with E-state index >= 15 is 0 Å². The molecule has 3 heterocycles. The summed E-state index contributed by atoms with van der Waals surface area (Å²) in [4.78, 5) is 10.6. The van der Waals surface area contributed by atoms with Gasteiger partial charge in [0.2, 0.25) is 5.95 Å². The van der Waals surface area contributed by atoms with Crippen LogP contribution >= 0.6 is 23.1 Å². The van der Waals surface area contributed by atoms with E-state index in [1.807, 2.05) is 23.6 Å². The molecule has 0 bridgehead atoms. The Morgan fingerprint density at radius 1 is 1.36 bits per heavy atom. The first-order valence-electron chi connectivity index (χ1n) is 7.02. The fraction of sp³-hybridized carbons (Fsp3) is 0.429. The summed E-state index contributed by atoms with van der Waals surface area (Å²) in [6.45, 7) is 1.07. The van der Waals surface area contributed by atoms with Crippen LogP contribution in [0.25, 0.3) is 0 Å². The van der Waals surface area contributed by atoms with Gasteiger partial charge in [-0.2, -0.15) is 4.98 Å².